The normalized spacial score (nSPS) is 16.0. The molecule has 4 aliphatic rings. The second-order valence-corrected chi connectivity index (χ2v) is 30.3. The van der Waals surface area contributed by atoms with Gasteiger partial charge in [0.15, 0.2) is 0 Å². The van der Waals surface area contributed by atoms with Crippen LogP contribution in [-0.2, 0) is 28.7 Å². The summed E-state index contributed by atoms with van der Waals surface area (Å²) in [7, 11) is 0. The Balaban J connectivity index is 1.11. The lowest BCUT2D eigenvalue weighted by atomic mass is 9.80. The molecule has 0 spiro atoms. The Bertz CT molecular complexity index is 4340. The van der Waals surface area contributed by atoms with Gasteiger partial charge in [0.2, 0.25) is 23.6 Å². The maximum absolute atomic E-state index is 16.5. The van der Waals surface area contributed by atoms with Crippen molar-refractivity contribution in [3.05, 3.63) is 164 Å². The molecule has 9 aromatic rings. The number of carbonyl (C=O) groups excluding carboxylic acids is 8. The molecule has 24 heteroatoms. The highest BCUT2D eigenvalue weighted by Crippen LogP contribution is 2.58. The summed E-state index contributed by atoms with van der Waals surface area (Å²) in [6.45, 7) is 17.3. The van der Waals surface area contributed by atoms with Crippen LogP contribution in [0.25, 0.3) is 43.1 Å². The van der Waals surface area contributed by atoms with E-state index in [9.17, 15) is 9.59 Å². The van der Waals surface area contributed by atoms with Crippen molar-refractivity contribution in [3.8, 4) is 46.0 Å². The second kappa shape index (κ2) is 30.4. The van der Waals surface area contributed by atoms with Crippen LogP contribution in [0.15, 0.2) is 121 Å². The number of benzene rings is 9. The van der Waals surface area contributed by atoms with Crippen molar-refractivity contribution in [2.45, 2.75) is 105 Å². The predicted octanol–water partition coefficient (Wildman–Crippen LogP) is 16.3. The van der Waals surface area contributed by atoms with Crippen LogP contribution in [0.4, 0.5) is 0 Å². The molecular weight excluding hydrogens is 1410 g/mol. The number of hydrogen-bond donors (Lipinski definition) is 2. The van der Waals surface area contributed by atoms with Crippen molar-refractivity contribution in [3.63, 3.8) is 0 Å². The van der Waals surface area contributed by atoms with Crippen LogP contribution in [0.1, 0.15) is 123 Å². The van der Waals surface area contributed by atoms with Crippen molar-refractivity contribution in [2.75, 3.05) is 52.5 Å². The maximum atomic E-state index is 16.5. The van der Waals surface area contributed by atoms with Gasteiger partial charge < -0.3 is 48.9 Å². The number of carbonyl (C=O) groups is 8. The average Bonchev–Trinajstić information content (AvgIpc) is 1.06. The van der Waals surface area contributed by atoms with E-state index in [1.165, 1.54) is 24.3 Å². The number of amides is 8. The topological polar surface area (TPSA) is 236 Å². The van der Waals surface area contributed by atoms with Crippen molar-refractivity contribution < 1.29 is 66.8 Å². The number of epoxide rings is 2. The number of rotatable bonds is 30. The predicted molar refractivity (Wildman–Crippen MR) is 399 cm³/mol. The molecule has 20 nitrogen and oxygen atoms in total. The van der Waals surface area contributed by atoms with E-state index in [1.807, 2.05) is 55.4 Å². The van der Waals surface area contributed by atoms with Gasteiger partial charge in [0.25, 0.3) is 23.6 Å². The molecule has 0 radical (unpaired) electrons. The zero-order valence-electron chi connectivity index (χ0n) is 58.7. The van der Waals surface area contributed by atoms with Crippen LogP contribution in [0.5, 0.6) is 46.0 Å². The molecule has 4 unspecified atom stereocenters. The molecule has 0 aromatic heterocycles. The summed E-state index contributed by atoms with van der Waals surface area (Å²) in [4.78, 5) is 129. The Labute approximate surface area is 621 Å². The average molecular weight is 1490 g/mol. The molecule has 2 fully saturated rings. The lowest BCUT2D eigenvalue weighted by molar-refractivity contribution is -0.138. The number of halogens is 4. The van der Waals surface area contributed by atoms with Gasteiger partial charge in [-0.05, 0) is 158 Å². The van der Waals surface area contributed by atoms with Crippen molar-refractivity contribution in [2.24, 2.45) is 23.7 Å². The minimum Gasteiger partial charge on any atom is -0.457 e. The van der Waals surface area contributed by atoms with Crippen LogP contribution in [0.2, 0.25) is 20.1 Å². The summed E-state index contributed by atoms with van der Waals surface area (Å²) in [6.07, 6.45) is -0.226. The van der Waals surface area contributed by atoms with Gasteiger partial charge >= 0.3 is 0 Å². The summed E-state index contributed by atoms with van der Waals surface area (Å²) in [5.74, 6) is -4.88. The third-order valence-electron chi connectivity index (χ3n) is 18.6. The van der Waals surface area contributed by atoms with E-state index < -0.39 is 47.5 Å². The van der Waals surface area contributed by atoms with Gasteiger partial charge in [-0.25, -0.2) is 0 Å². The van der Waals surface area contributed by atoms with Crippen LogP contribution in [0.3, 0.4) is 0 Å². The van der Waals surface area contributed by atoms with E-state index in [2.05, 4.69) is 10.6 Å². The second-order valence-electron chi connectivity index (χ2n) is 28.5. The molecule has 9 aromatic carbocycles. The van der Waals surface area contributed by atoms with E-state index in [0.29, 0.717) is 46.4 Å². The van der Waals surface area contributed by atoms with Gasteiger partial charge in [-0.3, -0.25) is 48.2 Å². The summed E-state index contributed by atoms with van der Waals surface area (Å²) in [5, 5.41) is 8.67. The number of hydrogen-bond acceptors (Lipinski definition) is 14. The molecule has 540 valence electrons. The van der Waals surface area contributed by atoms with Crippen molar-refractivity contribution >= 4 is 137 Å². The zero-order chi connectivity index (χ0) is 73.7. The van der Waals surface area contributed by atoms with Crippen LogP contribution in [0, 0.1) is 23.7 Å². The molecule has 0 aliphatic carbocycles. The first kappa shape index (κ1) is 73.0. The summed E-state index contributed by atoms with van der Waals surface area (Å²) in [6, 6.07) is 29.3. The highest BCUT2D eigenvalue weighted by molar-refractivity contribution is 6.45. The first-order chi connectivity index (χ1) is 49.8. The minimum atomic E-state index is -1.41. The number of imide groups is 2. The molecule has 0 bridgehead atoms. The molecule has 4 atom stereocenters. The minimum absolute atomic E-state index is 0.00550. The first-order valence-electron chi connectivity index (χ1n) is 35.0. The van der Waals surface area contributed by atoms with E-state index in [4.69, 9.17) is 74.8 Å². The Morgan fingerprint density at radius 2 is 0.673 bits per heavy atom. The fraction of sp³-hybridized carbons (Fsp3) is 0.350. The molecule has 2 saturated heterocycles. The summed E-state index contributed by atoms with van der Waals surface area (Å²) < 4.78 is 39.2. The molecule has 13 rings (SSSR count). The Hall–Kier alpha value is -9.28. The molecule has 4 aliphatic heterocycles. The molecular formula is C80H78Cl4N6O14. The van der Waals surface area contributed by atoms with Crippen LogP contribution >= 0.6 is 46.4 Å². The maximum Gasteiger partial charge on any atom is 0.262 e. The Kier molecular flexibility index (Phi) is 21.4. The summed E-state index contributed by atoms with van der Waals surface area (Å²) >= 11 is 26.3. The molecule has 8 amide bonds. The SMILES string of the molecule is CC(C)CC(C(=O)N(CCC(=O)NCC1CO1)CC(C)C)N1C(=O)c2cc(Oc3ccc(Cl)cc3)c3c4c(Oc5ccc(Cl)cc5)cc5c6c(cc(Oc7ccc(Cl)cc7)c(c7c(Oc8ccc(Cl)cc8)cc(c2c37)C1=O)c64)C(=O)N(C(CC(C)C)C(=O)N(CCC(=O)NCC1CO1)CC(C)C)C5=O. The number of nitrogens with one attached hydrogen (secondary N) is 2. The van der Waals surface area contributed by atoms with Crippen molar-refractivity contribution in [1.82, 2.24) is 30.2 Å². The van der Waals surface area contributed by atoms with Gasteiger partial charge in [-0.15, -0.1) is 0 Å². The van der Waals surface area contributed by atoms with Crippen LogP contribution in [-0.4, -0.2) is 144 Å². The zero-order valence-corrected chi connectivity index (χ0v) is 61.7. The third-order valence-corrected chi connectivity index (χ3v) is 19.6. The quantitative estimate of drug-likeness (QED) is 0.0184. The number of fused-ring (bicyclic) bond motifs is 2. The third kappa shape index (κ3) is 15.4. The lowest BCUT2D eigenvalue weighted by Gasteiger charge is -2.38. The standard InChI is InChI=1S/C80H78Cl4N6O14/c1-41(2)29-59(79(97)87(37-43(5)6)27-25-65(91)85-35-53-39-99-53)89-75(93)55-31-61(101-49-17-9-45(81)10-18-49)69-71-63(103-51-21-13-47(83)14-22-51)33-57-68-58(78(96)90(77(57)95)60(30-42(3)4)80(98)88(38-44(7)8)28-26-66(92)86-36-54-40-100-54)34-64(104-52-23-15-48(84)16-24-52)72(74(68)71)70-62(102-50-19-11-46(82)12-20-50)32-56(76(89)94)67(55)73(69)70/h9-24,31-34,41-44,53-54,59-60H,25-30,35-40H2,1-8H3,(H,85,91)(H,86,92). The van der Waals surface area contributed by atoms with E-state index in [-0.39, 0.29) is 211 Å². The summed E-state index contributed by atoms with van der Waals surface area (Å²) in [5.41, 5.74) is -0.235. The van der Waals surface area contributed by atoms with Gasteiger partial charge in [-0.1, -0.05) is 102 Å². The molecule has 4 heterocycles. The molecule has 0 saturated carbocycles. The highest BCUT2D eigenvalue weighted by Gasteiger charge is 2.48. The van der Waals surface area contributed by atoms with E-state index in [0.717, 1.165) is 9.80 Å². The van der Waals surface area contributed by atoms with Gasteiger partial charge in [-0.2, -0.15) is 0 Å². The highest BCUT2D eigenvalue weighted by atomic mass is 35.5. The Morgan fingerprint density at radius 3 is 0.904 bits per heavy atom. The fourth-order valence-corrected chi connectivity index (χ4v) is 14.3. The molecule has 2 N–H and O–H groups in total. The van der Waals surface area contributed by atoms with Crippen molar-refractivity contribution in [1.29, 1.82) is 0 Å². The lowest BCUT2D eigenvalue weighted by Crippen LogP contribution is -2.56. The van der Waals surface area contributed by atoms with Crippen LogP contribution < -0.4 is 29.6 Å². The molecule has 104 heavy (non-hydrogen) atoms. The van der Waals surface area contributed by atoms with E-state index in [1.54, 1.807) is 107 Å². The van der Waals surface area contributed by atoms with Gasteiger partial charge in [0.1, 0.15) is 58.1 Å². The largest absolute Gasteiger partial charge is 0.457 e. The number of ether oxygens (including phenoxy) is 6. The monoisotopic (exact) mass is 1490 g/mol. The Morgan fingerprint density at radius 1 is 0.413 bits per heavy atom. The van der Waals surface area contributed by atoms with E-state index >= 15 is 28.8 Å². The van der Waals surface area contributed by atoms with Gasteiger partial charge in [0, 0.05) is 115 Å². The van der Waals surface area contributed by atoms with Gasteiger partial charge in [0.05, 0.1) is 47.7 Å². The number of nitrogens with zero attached hydrogens (tertiary/aromatic N) is 4. The fourth-order valence-electron chi connectivity index (χ4n) is 13.8. The first-order valence-corrected chi connectivity index (χ1v) is 36.5. The smallest absolute Gasteiger partial charge is 0.262 e.